The fraction of sp³-hybridized carbons (Fsp3) is 0.333. The molecule has 4 aromatic rings. The molecular weight excluding hydrogens is 791 g/mol. The average Bonchev–Trinajstić information content (AvgIpc) is 3.73. The molecule has 2 fully saturated rings. The number of piperazine rings is 1. The molecule has 0 saturated carbocycles. The highest BCUT2D eigenvalue weighted by atomic mass is 35.5. The van der Waals surface area contributed by atoms with Gasteiger partial charge < -0.3 is 14.5 Å². The van der Waals surface area contributed by atoms with Crippen molar-refractivity contribution in [3.63, 3.8) is 0 Å². The first-order valence-electron chi connectivity index (χ1n) is 19.8. The second-order valence-corrected chi connectivity index (χ2v) is 17.0. The van der Waals surface area contributed by atoms with Gasteiger partial charge in [0.2, 0.25) is 11.8 Å². The third-order valence-corrected chi connectivity index (χ3v) is 11.9. The molecule has 304 valence electrons. The summed E-state index contributed by atoms with van der Waals surface area (Å²) in [5, 5.41) is 3.40. The lowest BCUT2D eigenvalue weighted by Gasteiger charge is -2.40. The zero-order chi connectivity index (χ0) is 41.7. The summed E-state index contributed by atoms with van der Waals surface area (Å²) in [5.41, 5.74) is 4.29. The van der Waals surface area contributed by atoms with Crippen molar-refractivity contribution < 1.29 is 28.7 Å². The number of aliphatic imine (C=N–C) groups is 1. The molecule has 4 heterocycles. The molecule has 6 amide bonds. The van der Waals surface area contributed by atoms with Crippen LogP contribution in [0.4, 0.5) is 10.5 Å². The second-order valence-electron chi connectivity index (χ2n) is 16.1. The lowest BCUT2D eigenvalue weighted by Crippen LogP contribution is -2.55. The first-order chi connectivity index (χ1) is 28.2. The fourth-order valence-electron chi connectivity index (χ4n) is 8.35. The Hall–Kier alpha value is -5.72. The van der Waals surface area contributed by atoms with E-state index in [1.807, 2.05) is 72.5 Å². The molecule has 8 rings (SSSR count). The summed E-state index contributed by atoms with van der Waals surface area (Å²) in [6.07, 6.45) is 0.0985. The molecule has 0 aliphatic carbocycles. The topological polar surface area (TPSA) is 132 Å². The fourth-order valence-corrected chi connectivity index (χ4v) is 8.61. The number of imide groups is 2. The van der Waals surface area contributed by atoms with E-state index in [1.165, 1.54) is 0 Å². The Bertz CT molecular complexity index is 2390. The maximum atomic E-state index is 15.3. The van der Waals surface area contributed by atoms with E-state index in [4.69, 9.17) is 32.9 Å². The van der Waals surface area contributed by atoms with E-state index in [1.54, 1.807) is 28.0 Å². The number of piperidine rings is 1. The third-order valence-electron chi connectivity index (χ3n) is 11.4. The Morgan fingerprint density at radius 3 is 2.12 bits per heavy atom. The van der Waals surface area contributed by atoms with E-state index in [9.17, 15) is 19.2 Å². The number of amidine groups is 1. The number of carbonyl (C=O) groups excluding carboxylic acids is 5. The van der Waals surface area contributed by atoms with Crippen molar-refractivity contribution in [1.29, 1.82) is 0 Å². The zero-order valence-corrected chi connectivity index (χ0v) is 34.7. The number of halogens is 2. The minimum Gasteiger partial charge on any atom is -0.493 e. The molecule has 0 aromatic heterocycles. The Morgan fingerprint density at radius 2 is 1.49 bits per heavy atom. The molecule has 2 saturated heterocycles. The van der Waals surface area contributed by atoms with Gasteiger partial charge in [-0.1, -0.05) is 80.4 Å². The molecule has 14 heteroatoms. The molecule has 59 heavy (non-hydrogen) atoms. The van der Waals surface area contributed by atoms with Crippen LogP contribution in [0.25, 0.3) is 0 Å². The zero-order valence-electron chi connectivity index (χ0n) is 33.2. The number of rotatable bonds is 7. The largest absolute Gasteiger partial charge is 0.493 e. The van der Waals surface area contributed by atoms with Crippen molar-refractivity contribution in [3.05, 3.63) is 128 Å². The van der Waals surface area contributed by atoms with Gasteiger partial charge in [0.05, 0.1) is 35.0 Å². The molecule has 0 bridgehead atoms. The predicted molar refractivity (Wildman–Crippen MR) is 225 cm³/mol. The second kappa shape index (κ2) is 15.8. The maximum Gasteiger partial charge on any atom is 0.326 e. The first kappa shape index (κ1) is 40.1. The van der Waals surface area contributed by atoms with Gasteiger partial charge in [-0.3, -0.25) is 39.3 Å². The van der Waals surface area contributed by atoms with Crippen molar-refractivity contribution >= 4 is 64.4 Å². The lowest BCUT2D eigenvalue weighted by atomic mass is 9.86. The number of benzene rings is 4. The molecule has 4 aliphatic heterocycles. The molecule has 12 nitrogen and oxygen atoms in total. The molecular formula is C45H44Cl2N6O6. The van der Waals surface area contributed by atoms with Gasteiger partial charge in [-0.15, -0.1) is 0 Å². The summed E-state index contributed by atoms with van der Waals surface area (Å²) < 4.78 is 6.28. The Labute approximate surface area is 352 Å². The number of hydrogen-bond acceptors (Lipinski definition) is 8. The Balaban J connectivity index is 1.13. The predicted octanol–water partition coefficient (Wildman–Crippen LogP) is 7.58. The number of ether oxygens (including phenoxy) is 1. The highest BCUT2D eigenvalue weighted by molar-refractivity contribution is 6.31. The smallest absolute Gasteiger partial charge is 0.326 e. The SMILES string of the molecule is CCOc1cc(C(C)(C)C)ccc1C1=NC(c2ccc(Cl)cc2)C(c2ccc(Cl)cc2)N1C(=O)N1CCN(c2cccc3c2C(=O)N(C2CCC(=O)NC2=O)C3=O)CC1. The van der Waals surface area contributed by atoms with Gasteiger partial charge in [-0.25, -0.2) is 4.79 Å². The highest BCUT2D eigenvalue weighted by Crippen LogP contribution is 2.46. The van der Waals surface area contributed by atoms with Crippen LogP contribution < -0.4 is 15.0 Å². The van der Waals surface area contributed by atoms with Crippen LogP contribution in [-0.2, 0) is 15.0 Å². The van der Waals surface area contributed by atoms with Crippen LogP contribution in [0.3, 0.4) is 0 Å². The monoisotopic (exact) mass is 834 g/mol. The summed E-state index contributed by atoms with van der Waals surface area (Å²) in [7, 11) is 0. The van der Waals surface area contributed by atoms with Gasteiger partial charge >= 0.3 is 6.03 Å². The van der Waals surface area contributed by atoms with Crippen molar-refractivity contribution in [2.24, 2.45) is 4.99 Å². The average molecular weight is 836 g/mol. The lowest BCUT2D eigenvalue weighted by molar-refractivity contribution is -0.136. The molecule has 4 aromatic carbocycles. The number of hydrogen-bond donors (Lipinski definition) is 1. The quantitative estimate of drug-likeness (QED) is 0.190. The first-order valence-corrected chi connectivity index (χ1v) is 20.5. The highest BCUT2D eigenvalue weighted by Gasteiger charge is 2.48. The summed E-state index contributed by atoms with van der Waals surface area (Å²) in [6.45, 7) is 10.1. The summed E-state index contributed by atoms with van der Waals surface area (Å²) in [5.74, 6) is -1.15. The van der Waals surface area contributed by atoms with Crippen LogP contribution in [0.1, 0.15) is 95.6 Å². The van der Waals surface area contributed by atoms with Crippen LogP contribution in [0.2, 0.25) is 10.0 Å². The van der Waals surface area contributed by atoms with Gasteiger partial charge in [-0.2, -0.15) is 0 Å². The molecule has 0 spiro atoms. The van der Waals surface area contributed by atoms with Crippen LogP contribution >= 0.6 is 23.2 Å². The van der Waals surface area contributed by atoms with E-state index in [2.05, 4.69) is 32.2 Å². The van der Waals surface area contributed by atoms with E-state index in [0.717, 1.165) is 21.6 Å². The van der Waals surface area contributed by atoms with Crippen molar-refractivity contribution in [2.45, 2.75) is 64.1 Å². The standard InChI is InChI=1S/C45H44Cl2N6O6/c1-5-59-35-25-28(45(2,3)4)13-18-31(35)40-49-38(26-9-14-29(46)15-10-26)39(27-11-16-30(47)17-12-27)53(40)44(58)51-23-21-50(22-24-51)33-8-6-7-32-37(33)43(57)52(42(32)56)34-19-20-36(54)48-41(34)55/h6-18,25,34,38-39H,5,19-24H2,1-4H3,(H,48,54,55). The van der Waals surface area contributed by atoms with Crippen LogP contribution in [-0.4, -0.2) is 89.0 Å². The van der Waals surface area contributed by atoms with E-state index >= 15 is 4.79 Å². The normalized spacial score (nSPS) is 20.8. The molecule has 4 aliphatic rings. The summed E-state index contributed by atoms with van der Waals surface area (Å²) in [6, 6.07) is 23.7. The van der Waals surface area contributed by atoms with Gasteiger partial charge in [0.25, 0.3) is 11.8 Å². The Kier molecular flexibility index (Phi) is 10.7. The van der Waals surface area contributed by atoms with Gasteiger partial charge in [-0.05, 0) is 84.0 Å². The van der Waals surface area contributed by atoms with Gasteiger partial charge in [0, 0.05) is 42.6 Å². The number of urea groups is 1. The third kappa shape index (κ3) is 7.44. The summed E-state index contributed by atoms with van der Waals surface area (Å²) >= 11 is 12.7. The molecule has 1 N–H and O–H groups in total. The number of carbonyl (C=O) groups is 5. The minimum atomic E-state index is -1.07. The minimum absolute atomic E-state index is 0.0323. The number of nitrogens with one attached hydrogen (secondary N) is 1. The van der Waals surface area contributed by atoms with Gasteiger partial charge in [0.15, 0.2) is 0 Å². The van der Waals surface area contributed by atoms with Crippen LogP contribution in [0.5, 0.6) is 5.75 Å². The Morgan fingerprint density at radius 1 is 0.831 bits per heavy atom. The van der Waals surface area contributed by atoms with E-state index in [0.29, 0.717) is 65.7 Å². The molecule has 3 atom stereocenters. The molecule has 3 unspecified atom stereocenters. The summed E-state index contributed by atoms with van der Waals surface area (Å²) in [4.78, 5) is 79.2. The number of fused-ring (bicyclic) bond motifs is 1. The van der Waals surface area contributed by atoms with Crippen molar-refractivity contribution in [3.8, 4) is 5.75 Å². The van der Waals surface area contributed by atoms with Crippen molar-refractivity contribution in [2.75, 3.05) is 37.7 Å². The maximum absolute atomic E-state index is 15.3. The molecule has 0 radical (unpaired) electrons. The van der Waals surface area contributed by atoms with Gasteiger partial charge in [0.1, 0.15) is 23.7 Å². The van der Waals surface area contributed by atoms with Crippen LogP contribution in [0, 0.1) is 0 Å². The number of anilines is 1. The van der Waals surface area contributed by atoms with E-state index < -0.39 is 41.8 Å². The van der Waals surface area contributed by atoms with E-state index in [-0.39, 0.29) is 35.4 Å². The van der Waals surface area contributed by atoms with Crippen molar-refractivity contribution in [1.82, 2.24) is 20.0 Å². The number of nitrogens with zero attached hydrogens (tertiary/aromatic N) is 5. The number of amides is 6. The van der Waals surface area contributed by atoms with Crippen LogP contribution in [0.15, 0.2) is 89.9 Å².